The van der Waals surface area contributed by atoms with Crippen molar-refractivity contribution in [2.24, 2.45) is 0 Å². The Kier molecular flexibility index (Phi) is 8.71. The largest absolute Gasteiger partial charge is 0.507 e. The first kappa shape index (κ1) is 25.3. The fourth-order valence-electron chi connectivity index (χ4n) is 4.12. The van der Waals surface area contributed by atoms with Gasteiger partial charge in [-0.3, -0.25) is 9.59 Å². The third-order valence-electron chi connectivity index (χ3n) is 6.12. The molecule has 1 aliphatic rings. The lowest BCUT2D eigenvalue weighted by Crippen LogP contribution is -2.38. The molecule has 7 heteroatoms. The Morgan fingerprint density at radius 3 is 2.15 bits per heavy atom. The minimum atomic E-state index is -0.683. The molecule has 1 atom stereocenters. The number of benzene rings is 2. The van der Waals surface area contributed by atoms with Crippen LogP contribution in [0.4, 0.5) is 0 Å². The Morgan fingerprint density at radius 1 is 0.971 bits per heavy atom. The summed E-state index contributed by atoms with van der Waals surface area (Å²) in [6, 6.07) is 13.5. The molecule has 0 spiro atoms. The van der Waals surface area contributed by atoms with Crippen molar-refractivity contribution >= 4 is 17.4 Å². The van der Waals surface area contributed by atoms with E-state index in [0.29, 0.717) is 31.0 Å². The van der Waals surface area contributed by atoms with Crippen molar-refractivity contribution in [2.45, 2.75) is 33.2 Å². The summed E-state index contributed by atoms with van der Waals surface area (Å²) in [6.45, 7) is 9.49. The molecule has 34 heavy (non-hydrogen) atoms. The van der Waals surface area contributed by atoms with E-state index in [0.717, 1.165) is 30.8 Å². The highest BCUT2D eigenvalue weighted by atomic mass is 16.5. The quantitative estimate of drug-likeness (QED) is 0.303. The predicted octanol–water partition coefficient (Wildman–Crippen LogP) is 4.25. The highest BCUT2D eigenvalue weighted by Crippen LogP contribution is 2.39. The van der Waals surface area contributed by atoms with E-state index in [2.05, 4.69) is 18.7 Å². The summed E-state index contributed by atoms with van der Waals surface area (Å²) in [4.78, 5) is 30.0. The van der Waals surface area contributed by atoms with Gasteiger partial charge in [0.1, 0.15) is 17.3 Å². The predicted molar refractivity (Wildman–Crippen MR) is 132 cm³/mol. The van der Waals surface area contributed by atoms with E-state index in [4.69, 9.17) is 9.47 Å². The van der Waals surface area contributed by atoms with Crippen molar-refractivity contribution < 1.29 is 24.2 Å². The first-order valence-corrected chi connectivity index (χ1v) is 11.8. The zero-order valence-electron chi connectivity index (χ0n) is 20.4. The van der Waals surface area contributed by atoms with Crippen LogP contribution < -0.4 is 9.47 Å². The molecule has 1 aliphatic heterocycles. The van der Waals surface area contributed by atoms with E-state index in [9.17, 15) is 14.7 Å². The number of hydrogen-bond acceptors (Lipinski definition) is 6. The summed E-state index contributed by atoms with van der Waals surface area (Å²) in [5.41, 5.74) is 1.30. The van der Waals surface area contributed by atoms with Gasteiger partial charge >= 0.3 is 0 Å². The van der Waals surface area contributed by atoms with Crippen LogP contribution in [0, 0.1) is 0 Å². The zero-order valence-corrected chi connectivity index (χ0v) is 20.4. The van der Waals surface area contributed by atoms with Gasteiger partial charge in [0, 0.05) is 18.7 Å². The van der Waals surface area contributed by atoms with Crippen LogP contribution in [0.25, 0.3) is 5.76 Å². The standard InChI is InChI=1S/C27H34N2O5/c1-5-18-34-22-14-8-19(9-15-22)24-23(25(30)20-10-12-21(33-4)13-11-20)26(31)27(32)29(24)17-16-28(6-2)7-3/h8-15,24,30H,5-7,16-18H2,1-4H3/b25-23-. The number of amides is 1. The van der Waals surface area contributed by atoms with Crippen LogP contribution in [0.3, 0.4) is 0 Å². The fourth-order valence-corrected chi connectivity index (χ4v) is 4.12. The molecule has 2 aromatic rings. The second-order valence-corrected chi connectivity index (χ2v) is 8.17. The Labute approximate surface area is 201 Å². The average molecular weight is 467 g/mol. The van der Waals surface area contributed by atoms with E-state index in [1.807, 2.05) is 31.2 Å². The van der Waals surface area contributed by atoms with Gasteiger partial charge in [-0.25, -0.2) is 0 Å². The van der Waals surface area contributed by atoms with Crippen molar-refractivity contribution in [1.29, 1.82) is 0 Å². The third kappa shape index (κ3) is 5.42. The van der Waals surface area contributed by atoms with Crippen molar-refractivity contribution in [3.05, 3.63) is 65.2 Å². The monoisotopic (exact) mass is 466 g/mol. The molecule has 0 bridgehead atoms. The van der Waals surface area contributed by atoms with Crippen LogP contribution in [-0.2, 0) is 9.59 Å². The van der Waals surface area contributed by atoms with Crippen LogP contribution >= 0.6 is 0 Å². The van der Waals surface area contributed by atoms with E-state index >= 15 is 0 Å². The van der Waals surface area contributed by atoms with Gasteiger partial charge in [0.25, 0.3) is 11.7 Å². The molecule has 3 rings (SSSR count). The maximum Gasteiger partial charge on any atom is 0.295 e. The van der Waals surface area contributed by atoms with E-state index in [1.165, 1.54) is 0 Å². The lowest BCUT2D eigenvalue weighted by atomic mass is 9.95. The molecule has 0 saturated carbocycles. The number of carbonyl (C=O) groups excluding carboxylic acids is 2. The second kappa shape index (κ2) is 11.7. The van der Waals surface area contributed by atoms with Crippen molar-refractivity contribution in [3.8, 4) is 11.5 Å². The lowest BCUT2D eigenvalue weighted by Gasteiger charge is -2.28. The number of methoxy groups -OCH3 is 1. The summed E-state index contributed by atoms with van der Waals surface area (Å²) in [5.74, 6) is -0.110. The number of rotatable bonds is 11. The number of likely N-dealkylation sites (tertiary alicyclic amines) is 1. The van der Waals surface area contributed by atoms with Crippen LogP contribution in [0.5, 0.6) is 11.5 Å². The maximum atomic E-state index is 13.2. The van der Waals surface area contributed by atoms with Crippen LogP contribution in [0.15, 0.2) is 54.1 Å². The summed E-state index contributed by atoms with van der Waals surface area (Å²) in [5, 5.41) is 11.2. The number of carbonyl (C=O) groups is 2. The van der Waals surface area contributed by atoms with Crippen molar-refractivity contribution in [1.82, 2.24) is 9.80 Å². The third-order valence-corrected chi connectivity index (χ3v) is 6.12. The molecule has 1 unspecified atom stereocenters. The normalized spacial score (nSPS) is 17.4. The molecule has 1 fully saturated rings. The lowest BCUT2D eigenvalue weighted by molar-refractivity contribution is -0.140. The molecule has 182 valence electrons. The smallest absolute Gasteiger partial charge is 0.295 e. The van der Waals surface area contributed by atoms with Crippen LogP contribution in [-0.4, -0.2) is 66.5 Å². The molecule has 7 nitrogen and oxygen atoms in total. The van der Waals surface area contributed by atoms with Gasteiger partial charge in [-0.15, -0.1) is 0 Å². The summed E-state index contributed by atoms with van der Waals surface area (Å²) < 4.78 is 10.9. The first-order valence-electron chi connectivity index (χ1n) is 11.8. The minimum Gasteiger partial charge on any atom is -0.507 e. The summed E-state index contributed by atoms with van der Waals surface area (Å²) >= 11 is 0. The number of Topliss-reactive ketones (excluding diaryl/α,β-unsaturated/α-hetero) is 1. The van der Waals surface area contributed by atoms with Crippen molar-refractivity contribution in [3.63, 3.8) is 0 Å². The molecular weight excluding hydrogens is 432 g/mol. The highest BCUT2D eigenvalue weighted by Gasteiger charge is 2.45. The number of ether oxygens (including phenoxy) is 2. The Hall–Kier alpha value is -3.32. The fraction of sp³-hybridized carbons (Fsp3) is 0.407. The van der Waals surface area contributed by atoms with Gasteiger partial charge in [-0.1, -0.05) is 32.9 Å². The first-order chi connectivity index (χ1) is 16.4. The molecular formula is C27H34N2O5. The molecule has 1 saturated heterocycles. The second-order valence-electron chi connectivity index (χ2n) is 8.17. The Balaban J connectivity index is 2.04. The van der Waals surface area contributed by atoms with Gasteiger partial charge < -0.3 is 24.4 Å². The van der Waals surface area contributed by atoms with E-state index in [1.54, 1.807) is 36.3 Å². The number of ketones is 1. The molecule has 0 radical (unpaired) electrons. The topological polar surface area (TPSA) is 79.3 Å². The van der Waals surface area contributed by atoms with Gasteiger partial charge in [-0.05, 0) is 61.5 Å². The number of hydrogen-bond donors (Lipinski definition) is 1. The van der Waals surface area contributed by atoms with Gasteiger partial charge in [0.2, 0.25) is 0 Å². The van der Waals surface area contributed by atoms with Gasteiger partial charge in [0.15, 0.2) is 0 Å². The molecule has 0 aliphatic carbocycles. The molecule has 1 amide bonds. The highest BCUT2D eigenvalue weighted by molar-refractivity contribution is 6.46. The average Bonchev–Trinajstić information content (AvgIpc) is 3.13. The van der Waals surface area contributed by atoms with Crippen molar-refractivity contribution in [2.75, 3.05) is 39.9 Å². The molecule has 2 aromatic carbocycles. The zero-order chi connectivity index (χ0) is 24.7. The summed E-state index contributed by atoms with van der Waals surface area (Å²) in [6.07, 6.45) is 0.898. The van der Waals surface area contributed by atoms with Crippen LogP contribution in [0.2, 0.25) is 0 Å². The Morgan fingerprint density at radius 2 is 1.59 bits per heavy atom. The number of aliphatic hydroxyl groups excluding tert-OH is 1. The van der Waals surface area contributed by atoms with Gasteiger partial charge in [0.05, 0.1) is 25.3 Å². The summed E-state index contributed by atoms with van der Waals surface area (Å²) in [7, 11) is 1.56. The number of aliphatic hydroxyl groups is 1. The van der Waals surface area contributed by atoms with Gasteiger partial charge in [-0.2, -0.15) is 0 Å². The van der Waals surface area contributed by atoms with Crippen LogP contribution in [0.1, 0.15) is 44.4 Å². The minimum absolute atomic E-state index is 0.0944. The number of likely N-dealkylation sites (N-methyl/N-ethyl adjacent to an activating group) is 1. The number of nitrogens with zero attached hydrogens (tertiary/aromatic N) is 2. The van der Waals surface area contributed by atoms with E-state index < -0.39 is 17.7 Å². The maximum absolute atomic E-state index is 13.2. The molecule has 1 N–H and O–H groups in total. The molecule has 1 heterocycles. The Bertz CT molecular complexity index is 1010. The SMILES string of the molecule is CCCOc1ccc(C2/C(=C(/O)c3ccc(OC)cc3)C(=O)C(=O)N2CCN(CC)CC)cc1. The molecule has 0 aromatic heterocycles. The van der Waals surface area contributed by atoms with E-state index in [-0.39, 0.29) is 11.3 Å².